The SMILES string of the molecule is C=CCNC(=O)C(C#N)=Cc1ccc(OC(=O)c2c(Cl)ccc(Cl)c2OC)c(OC)c1. The van der Waals surface area contributed by atoms with Gasteiger partial charge in [0.1, 0.15) is 17.2 Å². The summed E-state index contributed by atoms with van der Waals surface area (Å²) in [5.74, 6) is -0.964. The maximum atomic E-state index is 12.7. The second kappa shape index (κ2) is 11.1. The number of halogens is 2. The molecule has 2 aromatic rings. The summed E-state index contributed by atoms with van der Waals surface area (Å²) in [4.78, 5) is 24.7. The molecule has 0 unspecified atom stereocenters. The smallest absolute Gasteiger partial charge is 0.349 e. The minimum Gasteiger partial charge on any atom is -0.494 e. The molecule has 0 saturated carbocycles. The largest absolute Gasteiger partial charge is 0.494 e. The molecule has 0 aliphatic heterocycles. The standard InChI is InChI=1S/C22H18Cl2N2O5/c1-4-9-26-21(27)14(12-25)10-13-5-8-17(18(11-13)29-2)31-22(28)19-15(23)6-7-16(24)20(19)30-3/h4-8,10-11H,1,9H2,2-3H3,(H,26,27). The summed E-state index contributed by atoms with van der Waals surface area (Å²) in [6.45, 7) is 3.73. The van der Waals surface area contributed by atoms with Crippen LogP contribution in [-0.4, -0.2) is 32.6 Å². The third-order valence-corrected chi connectivity index (χ3v) is 4.55. The van der Waals surface area contributed by atoms with Crippen LogP contribution in [0.4, 0.5) is 0 Å². The monoisotopic (exact) mass is 460 g/mol. The fraction of sp³-hybridized carbons (Fsp3) is 0.136. The zero-order valence-corrected chi connectivity index (χ0v) is 18.2. The van der Waals surface area contributed by atoms with Crippen molar-refractivity contribution in [2.45, 2.75) is 0 Å². The second-order valence-electron chi connectivity index (χ2n) is 5.91. The van der Waals surface area contributed by atoms with E-state index < -0.39 is 11.9 Å². The summed E-state index contributed by atoms with van der Waals surface area (Å²) >= 11 is 12.2. The number of nitriles is 1. The Bertz CT molecular complexity index is 1090. The Kier molecular flexibility index (Phi) is 8.50. The van der Waals surface area contributed by atoms with Crippen LogP contribution in [0.2, 0.25) is 10.0 Å². The lowest BCUT2D eigenvalue weighted by atomic mass is 10.1. The van der Waals surface area contributed by atoms with Gasteiger partial charge < -0.3 is 19.5 Å². The van der Waals surface area contributed by atoms with Crippen LogP contribution in [0.5, 0.6) is 17.2 Å². The first-order valence-electron chi connectivity index (χ1n) is 8.79. The number of benzene rings is 2. The highest BCUT2D eigenvalue weighted by Gasteiger charge is 2.23. The van der Waals surface area contributed by atoms with E-state index in [4.69, 9.17) is 37.4 Å². The molecule has 7 nitrogen and oxygen atoms in total. The van der Waals surface area contributed by atoms with Gasteiger partial charge in [-0.1, -0.05) is 35.3 Å². The third-order valence-electron chi connectivity index (χ3n) is 3.94. The van der Waals surface area contributed by atoms with Crippen molar-refractivity contribution in [2.75, 3.05) is 20.8 Å². The zero-order valence-electron chi connectivity index (χ0n) is 16.7. The number of carbonyl (C=O) groups excluding carboxylic acids is 2. The van der Waals surface area contributed by atoms with Gasteiger partial charge in [0, 0.05) is 6.54 Å². The van der Waals surface area contributed by atoms with E-state index in [0.717, 1.165) is 0 Å². The molecule has 0 radical (unpaired) electrons. The topological polar surface area (TPSA) is 97.7 Å². The number of ether oxygens (including phenoxy) is 3. The lowest BCUT2D eigenvalue weighted by molar-refractivity contribution is -0.116. The molecule has 0 spiro atoms. The molecule has 0 aliphatic carbocycles. The van der Waals surface area contributed by atoms with E-state index in [1.807, 2.05) is 6.07 Å². The second-order valence-corrected chi connectivity index (χ2v) is 6.72. The quantitative estimate of drug-likeness (QED) is 0.205. The molecule has 0 saturated heterocycles. The van der Waals surface area contributed by atoms with E-state index in [0.29, 0.717) is 5.56 Å². The average Bonchev–Trinajstić information content (AvgIpc) is 2.77. The fourth-order valence-electron chi connectivity index (χ4n) is 2.51. The van der Waals surface area contributed by atoms with Gasteiger partial charge in [0.2, 0.25) is 0 Å². The molecule has 1 amide bonds. The van der Waals surface area contributed by atoms with Gasteiger partial charge in [-0.3, -0.25) is 4.79 Å². The summed E-state index contributed by atoms with van der Waals surface area (Å²) in [6.07, 6.45) is 2.88. The number of nitrogens with one attached hydrogen (secondary N) is 1. The molecular weight excluding hydrogens is 443 g/mol. The molecule has 2 rings (SSSR count). The van der Waals surface area contributed by atoms with Crippen LogP contribution in [0, 0.1) is 11.3 Å². The average molecular weight is 461 g/mol. The number of hydrogen-bond acceptors (Lipinski definition) is 6. The summed E-state index contributed by atoms with van der Waals surface area (Å²) < 4.78 is 15.9. The fourth-order valence-corrected chi connectivity index (χ4v) is 2.97. The molecule has 1 N–H and O–H groups in total. The maximum absolute atomic E-state index is 12.7. The molecule has 9 heteroatoms. The van der Waals surface area contributed by atoms with E-state index >= 15 is 0 Å². The van der Waals surface area contributed by atoms with Gasteiger partial charge >= 0.3 is 5.97 Å². The van der Waals surface area contributed by atoms with Crippen molar-refractivity contribution in [1.29, 1.82) is 5.26 Å². The first kappa shape index (κ1) is 23.8. The molecule has 0 fully saturated rings. The summed E-state index contributed by atoms with van der Waals surface area (Å²) in [6, 6.07) is 9.32. The van der Waals surface area contributed by atoms with Gasteiger partial charge in [-0.05, 0) is 35.9 Å². The predicted octanol–water partition coefficient (Wildman–Crippen LogP) is 4.44. The lowest BCUT2D eigenvalue weighted by Crippen LogP contribution is -2.24. The highest BCUT2D eigenvalue weighted by molar-refractivity contribution is 6.37. The van der Waals surface area contributed by atoms with E-state index in [2.05, 4.69) is 11.9 Å². The van der Waals surface area contributed by atoms with Crippen LogP contribution in [0.3, 0.4) is 0 Å². The number of amides is 1. The van der Waals surface area contributed by atoms with Crippen molar-refractivity contribution < 1.29 is 23.8 Å². The predicted molar refractivity (Wildman–Crippen MR) is 118 cm³/mol. The minimum absolute atomic E-state index is 0.0339. The van der Waals surface area contributed by atoms with Crippen molar-refractivity contribution in [1.82, 2.24) is 5.32 Å². The maximum Gasteiger partial charge on any atom is 0.349 e. The van der Waals surface area contributed by atoms with Crippen LogP contribution in [0.25, 0.3) is 6.08 Å². The van der Waals surface area contributed by atoms with Crippen molar-refractivity contribution in [3.63, 3.8) is 0 Å². The van der Waals surface area contributed by atoms with Gasteiger partial charge in [-0.25, -0.2) is 4.79 Å². The molecule has 0 aliphatic rings. The van der Waals surface area contributed by atoms with E-state index in [-0.39, 0.29) is 45.0 Å². The molecule has 0 atom stereocenters. The Morgan fingerprint density at radius 1 is 1.13 bits per heavy atom. The number of esters is 1. The Morgan fingerprint density at radius 2 is 1.84 bits per heavy atom. The van der Waals surface area contributed by atoms with Gasteiger partial charge in [0.05, 0.1) is 24.3 Å². The Labute approximate surface area is 189 Å². The lowest BCUT2D eigenvalue weighted by Gasteiger charge is -2.13. The van der Waals surface area contributed by atoms with E-state index in [1.165, 1.54) is 50.6 Å². The first-order chi connectivity index (χ1) is 14.9. The van der Waals surface area contributed by atoms with Crippen molar-refractivity contribution >= 4 is 41.2 Å². The molecule has 0 bridgehead atoms. The Hall–Kier alpha value is -3.47. The molecule has 0 aromatic heterocycles. The summed E-state index contributed by atoms with van der Waals surface area (Å²) in [5.41, 5.74) is 0.345. The minimum atomic E-state index is -0.799. The number of hydrogen-bond donors (Lipinski definition) is 1. The van der Waals surface area contributed by atoms with Gasteiger partial charge in [-0.2, -0.15) is 5.26 Å². The van der Waals surface area contributed by atoms with Gasteiger partial charge in [0.25, 0.3) is 5.91 Å². The molecular formula is C22H18Cl2N2O5. The number of nitrogens with zero attached hydrogens (tertiary/aromatic N) is 1. The first-order valence-corrected chi connectivity index (χ1v) is 9.54. The normalized spacial score (nSPS) is 10.6. The molecule has 31 heavy (non-hydrogen) atoms. The van der Waals surface area contributed by atoms with Crippen LogP contribution >= 0.6 is 23.2 Å². The molecule has 2 aromatic carbocycles. The van der Waals surface area contributed by atoms with Crippen molar-refractivity contribution in [3.05, 3.63) is 69.7 Å². The van der Waals surface area contributed by atoms with E-state index in [1.54, 1.807) is 6.07 Å². The van der Waals surface area contributed by atoms with Crippen LogP contribution in [0.1, 0.15) is 15.9 Å². The summed E-state index contributed by atoms with van der Waals surface area (Å²) in [5, 5.41) is 12.1. The summed E-state index contributed by atoms with van der Waals surface area (Å²) in [7, 11) is 2.74. The number of methoxy groups -OCH3 is 2. The molecule has 160 valence electrons. The number of rotatable bonds is 8. The van der Waals surface area contributed by atoms with Crippen molar-refractivity contribution in [2.24, 2.45) is 0 Å². The van der Waals surface area contributed by atoms with Crippen LogP contribution in [-0.2, 0) is 4.79 Å². The zero-order chi connectivity index (χ0) is 23.0. The Balaban J connectivity index is 2.35. The highest BCUT2D eigenvalue weighted by Crippen LogP contribution is 2.36. The van der Waals surface area contributed by atoms with Crippen molar-refractivity contribution in [3.8, 4) is 23.3 Å². The van der Waals surface area contributed by atoms with Crippen LogP contribution in [0.15, 0.2) is 48.6 Å². The third kappa shape index (κ3) is 5.79. The van der Waals surface area contributed by atoms with Gasteiger partial charge in [0.15, 0.2) is 17.2 Å². The molecule has 0 heterocycles. The van der Waals surface area contributed by atoms with Gasteiger partial charge in [-0.15, -0.1) is 6.58 Å². The Morgan fingerprint density at radius 3 is 2.45 bits per heavy atom. The highest BCUT2D eigenvalue weighted by atomic mass is 35.5. The van der Waals surface area contributed by atoms with Crippen LogP contribution < -0.4 is 19.5 Å². The number of carbonyl (C=O) groups is 2. The van der Waals surface area contributed by atoms with E-state index in [9.17, 15) is 14.9 Å².